The first-order valence-corrected chi connectivity index (χ1v) is 16.3. The molecule has 0 saturated carbocycles. The number of carbonyl (C=O) groups is 3. The largest absolute Gasteiger partial charge is 0.415 e. The third-order valence-corrected chi connectivity index (χ3v) is 9.46. The van der Waals surface area contributed by atoms with E-state index in [0.717, 1.165) is 28.8 Å². The molecule has 1 N–H and O–H groups in total. The molecule has 0 bridgehead atoms. The predicted octanol–water partition coefficient (Wildman–Crippen LogP) is 6.97. The fourth-order valence-corrected chi connectivity index (χ4v) is 6.67. The zero-order valence-electron chi connectivity index (χ0n) is 27.3. The molecule has 0 radical (unpaired) electrons. The summed E-state index contributed by atoms with van der Waals surface area (Å²) in [6.45, 7) is 3.27. The minimum Gasteiger partial charge on any atom is -0.410 e. The van der Waals surface area contributed by atoms with E-state index < -0.39 is 6.09 Å². The van der Waals surface area contributed by atoms with Crippen LogP contribution < -0.4 is 9.64 Å². The van der Waals surface area contributed by atoms with Crippen molar-refractivity contribution in [2.75, 3.05) is 18.5 Å². The van der Waals surface area contributed by atoms with Crippen LogP contribution in [0.1, 0.15) is 55.5 Å². The lowest BCUT2D eigenvalue weighted by Crippen LogP contribution is -2.43. The Bertz CT molecular complexity index is 2100. The summed E-state index contributed by atoms with van der Waals surface area (Å²) in [5.74, 6) is 0.0774. The number of fused-ring (bicyclic) bond motifs is 2. The van der Waals surface area contributed by atoms with Crippen LogP contribution in [0.25, 0.3) is 11.3 Å². The monoisotopic (exact) mass is 649 g/mol. The minimum absolute atomic E-state index is 0.0227. The minimum atomic E-state index is -0.497. The van der Waals surface area contributed by atoms with Gasteiger partial charge in [0.25, 0.3) is 11.8 Å². The van der Waals surface area contributed by atoms with E-state index in [1.807, 2.05) is 59.5 Å². The van der Waals surface area contributed by atoms with E-state index in [1.54, 1.807) is 53.4 Å². The van der Waals surface area contributed by atoms with Gasteiger partial charge in [0.15, 0.2) is 0 Å². The van der Waals surface area contributed by atoms with Crippen LogP contribution in [0.15, 0.2) is 103 Å². The predicted molar refractivity (Wildman–Crippen MR) is 186 cm³/mol. The molecule has 3 heterocycles. The second-order valence-corrected chi connectivity index (χ2v) is 12.6. The Morgan fingerprint density at radius 2 is 1.61 bits per heavy atom. The van der Waals surface area contributed by atoms with Crippen molar-refractivity contribution in [1.82, 2.24) is 14.8 Å². The van der Waals surface area contributed by atoms with Gasteiger partial charge in [0.2, 0.25) is 0 Å². The number of carbonyl (C=O) groups excluding carboxylic acids is 3. The molecule has 244 valence electrons. The maximum absolute atomic E-state index is 14.6. The Kier molecular flexibility index (Phi) is 8.45. The number of para-hydroxylation sites is 1. The number of H-pyrrole nitrogens is 1. The number of nitrogens with one attached hydrogen (secondary N) is 1. The summed E-state index contributed by atoms with van der Waals surface area (Å²) in [6.07, 6.45) is 2.51. The molecular formula is C40H35N5O4. The van der Waals surface area contributed by atoms with Gasteiger partial charge in [-0.1, -0.05) is 42.5 Å². The topological polar surface area (TPSA) is 110 Å². The Labute approximate surface area is 285 Å². The van der Waals surface area contributed by atoms with Crippen molar-refractivity contribution in [3.8, 4) is 23.1 Å². The third kappa shape index (κ3) is 6.29. The average Bonchev–Trinajstić information content (AvgIpc) is 3.64. The van der Waals surface area contributed by atoms with Crippen molar-refractivity contribution in [3.63, 3.8) is 0 Å². The Balaban J connectivity index is 1.21. The van der Waals surface area contributed by atoms with Crippen molar-refractivity contribution in [2.24, 2.45) is 0 Å². The molecule has 2 aliphatic rings. The van der Waals surface area contributed by atoms with Crippen LogP contribution in [0.3, 0.4) is 0 Å². The first kappa shape index (κ1) is 31.5. The molecule has 0 fully saturated rings. The Morgan fingerprint density at radius 1 is 0.878 bits per heavy atom. The molecule has 0 saturated heterocycles. The summed E-state index contributed by atoms with van der Waals surface area (Å²) in [6, 6.07) is 31.8. The highest BCUT2D eigenvalue weighted by Crippen LogP contribution is 2.34. The van der Waals surface area contributed by atoms with Gasteiger partial charge < -0.3 is 24.4 Å². The number of ether oxygens (including phenoxy) is 1. The summed E-state index contributed by atoms with van der Waals surface area (Å²) in [5, 5.41) is 9.08. The average molecular weight is 650 g/mol. The number of nitriles is 1. The molecule has 49 heavy (non-hydrogen) atoms. The van der Waals surface area contributed by atoms with Crippen molar-refractivity contribution in [2.45, 2.75) is 38.9 Å². The van der Waals surface area contributed by atoms with Crippen LogP contribution in [0.2, 0.25) is 0 Å². The number of hydrogen-bond donors (Lipinski definition) is 1. The maximum Gasteiger partial charge on any atom is 0.415 e. The molecule has 9 heteroatoms. The van der Waals surface area contributed by atoms with Crippen LogP contribution in [-0.2, 0) is 25.9 Å². The fraction of sp³-hybridized carbons (Fsp3) is 0.200. The van der Waals surface area contributed by atoms with Gasteiger partial charge >= 0.3 is 6.09 Å². The molecule has 4 aromatic carbocycles. The van der Waals surface area contributed by atoms with Gasteiger partial charge in [0, 0.05) is 61.4 Å². The molecule has 0 spiro atoms. The van der Waals surface area contributed by atoms with Gasteiger partial charge in [-0.05, 0) is 96.6 Å². The number of hydrogen-bond acceptors (Lipinski definition) is 5. The summed E-state index contributed by atoms with van der Waals surface area (Å²) in [5.41, 5.74) is 7.89. The Morgan fingerprint density at radius 3 is 2.37 bits per heavy atom. The van der Waals surface area contributed by atoms with E-state index in [0.29, 0.717) is 53.2 Å². The van der Waals surface area contributed by atoms with Crippen LogP contribution in [0.4, 0.5) is 10.5 Å². The van der Waals surface area contributed by atoms with Crippen molar-refractivity contribution in [1.29, 1.82) is 5.26 Å². The van der Waals surface area contributed by atoms with Crippen molar-refractivity contribution >= 4 is 23.6 Å². The lowest BCUT2D eigenvalue weighted by atomic mass is 9.90. The number of rotatable bonds is 5. The number of aromatic nitrogens is 1. The summed E-state index contributed by atoms with van der Waals surface area (Å²) in [4.78, 5) is 49.6. The lowest BCUT2D eigenvalue weighted by Gasteiger charge is -2.36. The third-order valence-electron chi connectivity index (χ3n) is 9.46. The first-order chi connectivity index (χ1) is 23.8. The zero-order valence-corrected chi connectivity index (χ0v) is 27.3. The molecule has 3 amide bonds. The standard InChI is InChI=1S/C40H35N5O4/c1-26-18-28-8-6-7-9-30(28)25-45(26)39(47)36-20-32-24-44(40(48)49-34-14-12-27(22-41)13-15-34)17-16-29(32)19-35(36)37-21-31(23-42-37)38(46)43(2)33-10-4-3-5-11-33/h3-15,19-21,23,26,42H,16-18,24-25H2,1-2H3/t26-/m1/s1. The van der Waals surface area contributed by atoms with E-state index in [4.69, 9.17) is 10.00 Å². The SMILES string of the molecule is C[C@@H]1Cc2ccccc2CN1C(=O)c1cc2c(cc1-c1cc(C(=O)N(C)c3ccccc3)c[nH]1)CCN(C(=O)Oc1ccc(C#N)cc1)C2. The van der Waals surface area contributed by atoms with Crippen LogP contribution in [0, 0.1) is 11.3 Å². The van der Waals surface area contributed by atoms with Gasteiger partial charge in [-0.25, -0.2) is 4.79 Å². The number of nitrogens with zero attached hydrogens (tertiary/aromatic N) is 4. The lowest BCUT2D eigenvalue weighted by molar-refractivity contribution is 0.0658. The van der Waals surface area contributed by atoms with Crippen LogP contribution in [0.5, 0.6) is 5.75 Å². The van der Waals surface area contributed by atoms with Crippen molar-refractivity contribution < 1.29 is 19.1 Å². The molecule has 1 atom stereocenters. The molecule has 9 nitrogen and oxygen atoms in total. The number of anilines is 1. The molecular weight excluding hydrogens is 614 g/mol. The van der Waals surface area contributed by atoms with E-state index >= 15 is 0 Å². The Hall–Kier alpha value is -6.14. The van der Waals surface area contributed by atoms with E-state index in [1.165, 1.54) is 5.56 Å². The fourth-order valence-electron chi connectivity index (χ4n) is 6.67. The second-order valence-electron chi connectivity index (χ2n) is 12.6. The molecule has 0 aliphatic carbocycles. The first-order valence-electron chi connectivity index (χ1n) is 16.3. The molecule has 7 rings (SSSR count). The maximum atomic E-state index is 14.6. The van der Waals surface area contributed by atoms with Crippen molar-refractivity contribution in [3.05, 3.63) is 142 Å². The summed E-state index contributed by atoms with van der Waals surface area (Å²) >= 11 is 0. The molecule has 5 aromatic rings. The highest BCUT2D eigenvalue weighted by Gasteiger charge is 2.32. The number of aromatic amines is 1. The quantitative estimate of drug-likeness (QED) is 0.221. The van der Waals surface area contributed by atoms with E-state index in [-0.39, 0.29) is 24.4 Å². The number of amides is 3. The highest BCUT2D eigenvalue weighted by molar-refractivity contribution is 6.07. The van der Waals surface area contributed by atoms with Gasteiger partial charge in [-0.15, -0.1) is 0 Å². The molecule has 1 aromatic heterocycles. The summed E-state index contributed by atoms with van der Waals surface area (Å²) < 4.78 is 5.62. The smallest absolute Gasteiger partial charge is 0.410 e. The van der Waals surface area contributed by atoms with Gasteiger partial charge in [0.1, 0.15) is 5.75 Å². The second kappa shape index (κ2) is 13.2. The van der Waals surface area contributed by atoms with Gasteiger partial charge in [-0.2, -0.15) is 5.26 Å². The zero-order chi connectivity index (χ0) is 34.1. The van der Waals surface area contributed by atoms with Crippen LogP contribution >= 0.6 is 0 Å². The van der Waals surface area contributed by atoms with Gasteiger partial charge in [-0.3, -0.25) is 9.59 Å². The van der Waals surface area contributed by atoms with Crippen LogP contribution in [-0.4, -0.2) is 52.3 Å². The van der Waals surface area contributed by atoms with Gasteiger partial charge in [0.05, 0.1) is 17.2 Å². The molecule has 0 unspecified atom stereocenters. The number of benzene rings is 4. The normalized spacial score (nSPS) is 15.1. The molecule has 2 aliphatic heterocycles. The van der Waals surface area contributed by atoms with E-state index in [9.17, 15) is 14.4 Å². The highest BCUT2D eigenvalue weighted by atomic mass is 16.6. The summed E-state index contributed by atoms with van der Waals surface area (Å²) in [7, 11) is 1.74. The van der Waals surface area contributed by atoms with E-state index in [2.05, 4.69) is 30.1 Å².